The number of carbonyl (C=O) groups is 1. The van der Waals surface area contributed by atoms with Crippen molar-refractivity contribution in [1.29, 1.82) is 0 Å². The van der Waals surface area contributed by atoms with E-state index < -0.39 is 0 Å². The van der Waals surface area contributed by atoms with Gasteiger partial charge < -0.3 is 9.64 Å². The zero-order valence-corrected chi connectivity index (χ0v) is 14.6. The predicted octanol–water partition coefficient (Wildman–Crippen LogP) is 2.08. The summed E-state index contributed by atoms with van der Waals surface area (Å²) in [6.45, 7) is 2.67. The van der Waals surface area contributed by atoms with E-state index in [1.807, 2.05) is 18.2 Å². The fourth-order valence-electron chi connectivity index (χ4n) is 2.63. The molecule has 1 amide bonds. The molecule has 0 atom stereocenters. The second-order valence-corrected chi connectivity index (χ2v) is 6.53. The van der Waals surface area contributed by atoms with Gasteiger partial charge in [0.2, 0.25) is 5.13 Å². The standard InChI is InChI=1S/C17H16N6O2S/c24-15(12-4-3-7-19-14(12)23-8-10-25-11-9-23)20-17-22-21-16(26-17)13-5-1-2-6-18-13/h1-7H,8-11H2,(H,20,22,24). The molecule has 132 valence electrons. The number of anilines is 2. The summed E-state index contributed by atoms with van der Waals surface area (Å²) in [5, 5.41) is 12.0. The molecule has 8 nitrogen and oxygen atoms in total. The zero-order chi connectivity index (χ0) is 17.8. The molecular formula is C17H16N6O2S. The molecule has 1 aliphatic heterocycles. The number of ether oxygens (including phenoxy) is 1. The Bertz CT molecular complexity index is 895. The van der Waals surface area contributed by atoms with Gasteiger partial charge in [-0.1, -0.05) is 17.4 Å². The van der Waals surface area contributed by atoms with Crippen LogP contribution in [0.3, 0.4) is 0 Å². The van der Waals surface area contributed by atoms with Crippen molar-refractivity contribution in [3.63, 3.8) is 0 Å². The maximum atomic E-state index is 12.7. The third kappa shape index (κ3) is 3.53. The average Bonchev–Trinajstić information content (AvgIpc) is 3.18. The van der Waals surface area contributed by atoms with E-state index in [0.29, 0.717) is 47.8 Å². The van der Waals surface area contributed by atoms with Crippen molar-refractivity contribution in [1.82, 2.24) is 20.2 Å². The van der Waals surface area contributed by atoms with Gasteiger partial charge in [0.05, 0.1) is 18.8 Å². The fourth-order valence-corrected chi connectivity index (χ4v) is 3.35. The van der Waals surface area contributed by atoms with Crippen molar-refractivity contribution in [2.45, 2.75) is 0 Å². The smallest absolute Gasteiger partial charge is 0.261 e. The molecule has 0 spiro atoms. The number of aromatic nitrogens is 4. The van der Waals surface area contributed by atoms with E-state index >= 15 is 0 Å². The molecule has 4 heterocycles. The summed E-state index contributed by atoms with van der Waals surface area (Å²) >= 11 is 1.28. The van der Waals surface area contributed by atoms with Gasteiger partial charge >= 0.3 is 0 Å². The second-order valence-electron chi connectivity index (χ2n) is 5.56. The van der Waals surface area contributed by atoms with E-state index in [1.54, 1.807) is 24.5 Å². The second kappa shape index (κ2) is 7.54. The number of carbonyl (C=O) groups excluding carboxylic acids is 1. The van der Waals surface area contributed by atoms with Gasteiger partial charge in [-0.25, -0.2) is 4.98 Å². The number of rotatable bonds is 4. The lowest BCUT2D eigenvalue weighted by molar-refractivity contribution is 0.102. The van der Waals surface area contributed by atoms with E-state index in [9.17, 15) is 4.79 Å². The van der Waals surface area contributed by atoms with Gasteiger partial charge in [0.1, 0.15) is 11.5 Å². The number of hydrogen-bond donors (Lipinski definition) is 1. The van der Waals surface area contributed by atoms with Gasteiger partial charge in [0.15, 0.2) is 5.01 Å². The molecule has 0 radical (unpaired) electrons. The first-order valence-corrected chi connectivity index (χ1v) is 8.97. The van der Waals surface area contributed by atoms with Crippen LogP contribution in [0.4, 0.5) is 10.9 Å². The number of hydrogen-bond acceptors (Lipinski definition) is 8. The molecule has 0 saturated carbocycles. The predicted molar refractivity (Wildman–Crippen MR) is 98.4 cm³/mol. The monoisotopic (exact) mass is 368 g/mol. The summed E-state index contributed by atoms with van der Waals surface area (Å²) < 4.78 is 5.37. The third-order valence-electron chi connectivity index (χ3n) is 3.87. The Labute approximate surface area is 153 Å². The maximum absolute atomic E-state index is 12.7. The van der Waals surface area contributed by atoms with Crippen LogP contribution in [-0.4, -0.2) is 52.4 Å². The van der Waals surface area contributed by atoms with E-state index in [-0.39, 0.29) is 5.91 Å². The van der Waals surface area contributed by atoms with Crippen molar-refractivity contribution in [2.24, 2.45) is 0 Å². The van der Waals surface area contributed by atoms with Gasteiger partial charge in [-0.3, -0.25) is 15.1 Å². The highest BCUT2D eigenvalue weighted by atomic mass is 32.1. The minimum Gasteiger partial charge on any atom is -0.378 e. The molecule has 0 unspecified atom stereocenters. The topological polar surface area (TPSA) is 93.1 Å². The zero-order valence-electron chi connectivity index (χ0n) is 13.8. The van der Waals surface area contributed by atoms with Crippen molar-refractivity contribution in [2.75, 3.05) is 36.5 Å². The number of nitrogens with one attached hydrogen (secondary N) is 1. The quantitative estimate of drug-likeness (QED) is 0.753. The highest BCUT2D eigenvalue weighted by Crippen LogP contribution is 2.26. The summed E-state index contributed by atoms with van der Waals surface area (Å²) in [6, 6.07) is 9.07. The Balaban J connectivity index is 1.53. The van der Waals surface area contributed by atoms with Gasteiger partial charge in [-0.2, -0.15) is 0 Å². The SMILES string of the molecule is O=C(Nc1nnc(-c2ccccn2)s1)c1cccnc1N1CCOCC1. The van der Waals surface area contributed by atoms with Crippen LogP contribution in [0.15, 0.2) is 42.7 Å². The van der Waals surface area contributed by atoms with Crippen LogP contribution in [-0.2, 0) is 4.74 Å². The molecule has 1 aliphatic rings. The van der Waals surface area contributed by atoms with E-state index in [1.165, 1.54) is 11.3 Å². The van der Waals surface area contributed by atoms with Crippen LogP contribution < -0.4 is 10.2 Å². The summed E-state index contributed by atoms with van der Waals surface area (Å²) in [4.78, 5) is 23.4. The third-order valence-corrected chi connectivity index (χ3v) is 4.73. The molecule has 9 heteroatoms. The van der Waals surface area contributed by atoms with Gasteiger partial charge in [-0.15, -0.1) is 10.2 Å². The summed E-state index contributed by atoms with van der Waals surface area (Å²) in [7, 11) is 0. The maximum Gasteiger partial charge on any atom is 0.261 e. The molecular weight excluding hydrogens is 352 g/mol. The number of morpholine rings is 1. The normalized spacial score (nSPS) is 14.2. The molecule has 0 aromatic carbocycles. The lowest BCUT2D eigenvalue weighted by Crippen LogP contribution is -2.38. The Morgan fingerprint density at radius 3 is 2.73 bits per heavy atom. The van der Waals surface area contributed by atoms with Crippen molar-refractivity contribution >= 4 is 28.2 Å². The first kappa shape index (κ1) is 16.6. The van der Waals surface area contributed by atoms with Crippen molar-refractivity contribution in [3.05, 3.63) is 48.3 Å². The molecule has 4 rings (SSSR count). The first-order valence-electron chi connectivity index (χ1n) is 8.15. The molecule has 1 saturated heterocycles. The minimum atomic E-state index is -0.261. The Hall–Kier alpha value is -2.91. The van der Waals surface area contributed by atoms with Crippen LogP contribution >= 0.6 is 11.3 Å². The minimum absolute atomic E-state index is 0.261. The fraction of sp³-hybridized carbons (Fsp3) is 0.235. The largest absolute Gasteiger partial charge is 0.378 e. The average molecular weight is 368 g/mol. The van der Waals surface area contributed by atoms with Gasteiger partial charge in [0.25, 0.3) is 5.91 Å². The van der Waals surface area contributed by atoms with E-state index in [2.05, 4.69) is 30.4 Å². The molecule has 0 aliphatic carbocycles. The number of amides is 1. The summed E-state index contributed by atoms with van der Waals surface area (Å²) in [6.07, 6.45) is 3.38. The van der Waals surface area contributed by atoms with Crippen LogP contribution in [0.1, 0.15) is 10.4 Å². The van der Waals surface area contributed by atoms with Gasteiger partial charge in [-0.05, 0) is 24.3 Å². The number of pyridine rings is 2. The molecule has 0 bridgehead atoms. The van der Waals surface area contributed by atoms with Crippen LogP contribution in [0.5, 0.6) is 0 Å². The van der Waals surface area contributed by atoms with Crippen molar-refractivity contribution in [3.8, 4) is 10.7 Å². The number of nitrogens with zero attached hydrogens (tertiary/aromatic N) is 5. The highest BCUT2D eigenvalue weighted by Gasteiger charge is 2.21. The van der Waals surface area contributed by atoms with Crippen LogP contribution in [0, 0.1) is 0 Å². The van der Waals surface area contributed by atoms with Gasteiger partial charge in [0, 0.05) is 25.5 Å². The lowest BCUT2D eigenvalue weighted by Gasteiger charge is -2.28. The molecule has 3 aromatic heterocycles. The van der Waals surface area contributed by atoms with Crippen LogP contribution in [0.25, 0.3) is 10.7 Å². The van der Waals surface area contributed by atoms with E-state index in [0.717, 1.165) is 5.69 Å². The molecule has 26 heavy (non-hydrogen) atoms. The lowest BCUT2D eigenvalue weighted by atomic mass is 10.2. The van der Waals surface area contributed by atoms with Crippen molar-refractivity contribution < 1.29 is 9.53 Å². The molecule has 1 fully saturated rings. The Morgan fingerprint density at radius 1 is 1.08 bits per heavy atom. The van der Waals surface area contributed by atoms with E-state index in [4.69, 9.17) is 4.74 Å². The first-order chi connectivity index (χ1) is 12.8. The Kier molecular flexibility index (Phi) is 4.80. The summed E-state index contributed by atoms with van der Waals surface area (Å²) in [5.74, 6) is 0.395. The molecule has 3 aromatic rings. The highest BCUT2D eigenvalue weighted by molar-refractivity contribution is 7.18. The van der Waals surface area contributed by atoms with Crippen LogP contribution in [0.2, 0.25) is 0 Å². The summed E-state index contributed by atoms with van der Waals surface area (Å²) in [5.41, 5.74) is 1.23. The Morgan fingerprint density at radius 2 is 1.92 bits per heavy atom. The molecule has 1 N–H and O–H groups in total.